The minimum atomic E-state index is -0.240. The summed E-state index contributed by atoms with van der Waals surface area (Å²) in [6.45, 7) is 3.10. The van der Waals surface area contributed by atoms with Gasteiger partial charge in [0.15, 0.2) is 5.13 Å². The lowest BCUT2D eigenvalue weighted by atomic mass is 10.2. The molecular weight excluding hydrogens is 524 g/mol. The van der Waals surface area contributed by atoms with Gasteiger partial charge in [0.1, 0.15) is 17.0 Å². The molecule has 202 valence electrons. The van der Waals surface area contributed by atoms with Crippen molar-refractivity contribution in [3.05, 3.63) is 89.6 Å². The molecule has 11 heteroatoms. The summed E-state index contributed by atoms with van der Waals surface area (Å²) in [5.74, 6) is -0.249. The summed E-state index contributed by atoms with van der Waals surface area (Å²) < 4.78 is 1.88. The number of carbonyl (C=O) groups excluding carboxylic acids is 2. The van der Waals surface area contributed by atoms with Crippen molar-refractivity contribution in [2.24, 2.45) is 0 Å². The second-order valence-corrected chi connectivity index (χ2v) is 10.5. The van der Waals surface area contributed by atoms with E-state index in [2.05, 4.69) is 27.6 Å². The number of nitrogens with zero attached hydrogens (tertiary/aromatic N) is 5. The van der Waals surface area contributed by atoms with Crippen molar-refractivity contribution in [2.45, 2.75) is 0 Å². The van der Waals surface area contributed by atoms with Crippen LogP contribution in [0.25, 0.3) is 17.0 Å². The largest absolute Gasteiger partial charge is 0.397 e. The fourth-order valence-electron chi connectivity index (χ4n) is 4.64. The Hall–Kier alpha value is -4.74. The summed E-state index contributed by atoms with van der Waals surface area (Å²) >= 11 is 1.45. The van der Waals surface area contributed by atoms with Gasteiger partial charge >= 0.3 is 0 Å². The number of nitrogens with one attached hydrogen (secondary N) is 2. The Bertz CT molecular complexity index is 1690. The summed E-state index contributed by atoms with van der Waals surface area (Å²) in [4.78, 5) is 39.5. The first-order chi connectivity index (χ1) is 19.5. The van der Waals surface area contributed by atoms with E-state index in [4.69, 9.17) is 10.7 Å². The lowest BCUT2D eigenvalue weighted by Crippen LogP contribution is -2.47. The third kappa shape index (κ3) is 5.12. The number of piperazine rings is 1. The number of anilines is 4. The smallest absolute Gasteiger partial charge is 0.270 e. The lowest BCUT2D eigenvalue weighted by Gasteiger charge is -2.32. The third-order valence-electron chi connectivity index (χ3n) is 6.91. The van der Waals surface area contributed by atoms with Gasteiger partial charge < -0.3 is 26.2 Å². The monoisotopic (exact) mass is 552 g/mol. The zero-order valence-electron chi connectivity index (χ0n) is 21.9. The number of likely N-dealkylation sites (N-methyl/N-ethyl adjacent to an activating group) is 1. The fourth-order valence-corrected chi connectivity index (χ4v) is 5.36. The van der Waals surface area contributed by atoms with Crippen LogP contribution in [0.4, 0.5) is 22.2 Å². The number of thiazole rings is 1. The van der Waals surface area contributed by atoms with Crippen LogP contribution >= 0.6 is 11.3 Å². The summed E-state index contributed by atoms with van der Waals surface area (Å²) in [6.07, 6.45) is 1.75. The molecule has 5 aromatic rings. The minimum absolute atomic E-state index is 0.00870. The Labute approximate surface area is 235 Å². The van der Waals surface area contributed by atoms with Crippen molar-refractivity contribution in [1.29, 1.82) is 0 Å². The van der Waals surface area contributed by atoms with Gasteiger partial charge in [-0.15, -0.1) is 11.3 Å². The normalized spacial score (nSPS) is 13.9. The molecule has 0 spiro atoms. The second-order valence-electron chi connectivity index (χ2n) is 9.63. The third-order valence-corrected chi connectivity index (χ3v) is 7.67. The topological polar surface area (TPSA) is 121 Å². The maximum absolute atomic E-state index is 13.4. The van der Waals surface area contributed by atoms with Gasteiger partial charge in [-0.2, -0.15) is 0 Å². The van der Waals surface area contributed by atoms with E-state index in [9.17, 15) is 9.59 Å². The van der Waals surface area contributed by atoms with Gasteiger partial charge in [-0.25, -0.2) is 9.97 Å². The SMILES string of the molecule is CN1CCN(C(=O)c2cccc3ncc(-c4csc(Nc5ccc(C(=O)Nc6ccccc6N)cc5)n4)n23)CC1. The van der Waals surface area contributed by atoms with Gasteiger partial charge in [-0.05, 0) is 55.6 Å². The van der Waals surface area contributed by atoms with E-state index in [1.807, 2.05) is 57.1 Å². The predicted octanol–water partition coefficient (Wildman–Crippen LogP) is 4.42. The Kier molecular flexibility index (Phi) is 6.89. The zero-order valence-corrected chi connectivity index (χ0v) is 22.7. The lowest BCUT2D eigenvalue weighted by molar-refractivity contribution is 0.0656. The number of aromatic nitrogens is 3. The van der Waals surface area contributed by atoms with Crippen LogP contribution in [0.2, 0.25) is 0 Å². The molecule has 2 amide bonds. The van der Waals surface area contributed by atoms with E-state index in [1.54, 1.807) is 30.5 Å². The molecule has 40 heavy (non-hydrogen) atoms. The molecule has 4 N–H and O–H groups in total. The van der Waals surface area contributed by atoms with E-state index in [0.29, 0.717) is 46.5 Å². The molecule has 0 aliphatic carbocycles. The Balaban J connectivity index is 1.19. The molecule has 0 saturated carbocycles. The van der Waals surface area contributed by atoms with Crippen LogP contribution in [-0.4, -0.2) is 69.2 Å². The summed E-state index contributed by atoms with van der Waals surface area (Å²) in [7, 11) is 2.07. The first kappa shape index (κ1) is 25.5. The average molecular weight is 553 g/mol. The van der Waals surface area contributed by atoms with Crippen LogP contribution in [0.15, 0.2) is 78.3 Å². The molecule has 10 nitrogen and oxygen atoms in total. The maximum Gasteiger partial charge on any atom is 0.270 e. The van der Waals surface area contributed by atoms with E-state index in [1.165, 1.54) is 11.3 Å². The molecule has 0 bridgehead atoms. The molecule has 0 radical (unpaired) electrons. The standard InChI is InChI=1S/C29H28N8O2S/c1-35-13-15-36(16-14-35)28(39)24-7-4-8-26-31-17-25(37(24)26)23-18-40-29(34-23)32-20-11-9-19(10-12-20)27(38)33-22-6-3-2-5-21(22)30/h2-12,17-18H,13-16,30H2,1H3,(H,32,34)(H,33,38). The van der Waals surface area contributed by atoms with Gasteiger partial charge in [0, 0.05) is 42.8 Å². The molecule has 4 heterocycles. The van der Waals surface area contributed by atoms with E-state index in [-0.39, 0.29) is 11.8 Å². The van der Waals surface area contributed by atoms with E-state index < -0.39 is 0 Å². The molecular formula is C29H28N8O2S. The molecule has 0 atom stereocenters. The number of para-hydroxylation sites is 2. The van der Waals surface area contributed by atoms with E-state index in [0.717, 1.165) is 30.2 Å². The van der Waals surface area contributed by atoms with Crippen LogP contribution in [0, 0.1) is 0 Å². The van der Waals surface area contributed by atoms with Crippen molar-refractivity contribution < 1.29 is 9.59 Å². The number of hydrogen-bond acceptors (Lipinski definition) is 8. The Morgan fingerprint density at radius 3 is 2.50 bits per heavy atom. The highest BCUT2D eigenvalue weighted by atomic mass is 32.1. The first-order valence-electron chi connectivity index (χ1n) is 12.9. The highest BCUT2D eigenvalue weighted by Gasteiger charge is 2.24. The summed E-state index contributed by atoms with van der Waals surface area (Å²) in [5.41, 5.74) is 11.1. The van der Waals surface area contributed by atoms with E-state index >= 15 is 0 Å². The van der Waals surface area contributed by atoms with Crippen LogP contribution in [0.1, 0.15) is 20.8 Å². The van der Waals surface area contributed by atoms with Crippen molar-refractivity contribution in [2.75, 3.05) is 49.6 Å². The van der Waals surface area contributed by atoms with Gasteiger partial charge in [-0.1, -0.05) is 18.2 Å². The highest BCUT2D eigenvalue weighted by molar-refractivity contribution is 7.14. The predicted molar refractivity (Wildman–Crippen MR) is 158 cm³/mol. The molecule has 2 aromatic carbocycles. The maximum atomic E-state index is 13.4. The van der Waals surface area contributed by atoms with Gasteiger partial charge in [0.05, 0.1) is 23.3 Å². The first-order valence-corrected chi connectivity index (χ1v) is 13.8. The van der Waals surface area contributed by atoms with Crippen LogP contribution < -0.4 is 16.4 Å². The number of nitrogen functional groups attached to an aromatic ring is 1. The van der Waals surface area contributed by atoms with Gasteiger partial charge in [0.25, 0.3) is 11.8 Å². The summed E-state index contributed by atoms with van der Waals surface area (Å²) in [6, 6.07) is 19.9. The van der Waals surface area contributed by atoms with Crippen LogP contribution in [0.3, 0.4) is 0 Å². The number of nitrogens with two attached hydrogens (primary N) is 1. The number of carbonyl (C=O) groups is 2. The van der Waals surface area contributed by atoms with Crippen LogP contribution in [0.5, 0.6) is 0 Å². The number of benzene rings is 2. The Morgan fingerprint density at radius 1 is 0.950 bits per heavy atom. The van der Waals surface area contributed by atoms with Crippen LogP contribution in [-0.2, 0) is 0 Å². The Morgan fingerprint density at radius 2 is 1.73 bits per heavy atom. The molecule has 1 aliphatic heterocycles. The van der Waals surface area contributed by atoms with Crippen molar-refractivity contribution in [3.8, 4) is 11.4 Å². The molecule has 6 rings (SSSR count). The van der Waals surface area contributed by atoms with Crippen molar-refractivity contribution >= 4 is 51.0 Å². The second kappa shape index (κ2) is 10.8. The molecule has 1 aliphatic rings. The minimum Gasteiger partial charge on any atom is -0.397 e. The highest BCUT2D eigenvalue weighted by Crippen LogP contribution is 2.29. The van der Waals surface area contributed by atoms with Crippen molar-refractivity contribution in [3.63, 3.8) is 0 Å². The number of pyridine rings is 1. The molecule has 1 saturated heterocycles. The number of rotatable bonds is 6. The number of fused-ring (bicyclic) bond motifs is 1. The van der Waals surface area contributed by atoms with Crippen molar-refractivity contribution in [1.82, 2.24) is 24.2 Å². The number of imidazole rings is 1. The molecule has 3 aromatic heterocycles. The quantitative estimate of drug-likeness (QED) is 0.267. The van der Waals surface area contributed by atoms with Gasteiger partial charge in [-0.3, -0.25) is 14.0 Å². The zero-order chi connectivity index (χ0) is 27.6. The average Bonchev–Trinajstić information content (AvgIpc) is 3.61. The fraction of sp³-hybridized carbons (Fsp3) is 0.172. The number of hydrogen-bond donors (Lipinski definition) is 3. The summed E-state index contributed by atoms with van der Waals surface area (Å²) in [5, 5.41) is 8.75. The van der Waals surface area contributed by atoms with Gasteiger partial charge in [0.2, 0.25) is 0 Å². The molecule has 1 fully saturated rings. The number of amides is 2. The molecule has 0 unspecified atom stereocenters.